The molecule has 0 radical (unpaired) electrons. The summed E-state index contributed by atoms with van der Waals surface area (Å²) in [6.07, 6.45) is -0.0286. The molecule has 4 rings (SSSR count). The number of nitrogens with zero attached hydrogens (tertiary/aromatic N) is 2. The van der Waals surface area contributed by atoms with Gasteiger partial charge in [-0.05, 0) is 24.6 Å². The van der Waals surface area contributed by atoms with E-state index in [0.717, 1.165) is 5.56 Å². The van der Waals surface area contributed by atoms with Crippen LogP contribution >= 0.6 is 0 Å². The van der Waals surface area contributed by atoms with Crippen LogP contribution in [0, 0.1) is 11.3 Å². The number of aromatic nitrogens is 2. The second-order valence-corrected chi connectivity index (χ2v) is 5.94. The predicted octanol–water partition coefficient (Wildman–Crippen LogP) is 1.46. The van der Waals surface area contributed by atoms with Gasteiger partial charge in [0.25, 0.3) is 0 Å². The van der Waals surface area contributed by atoms with Crippen molar-refractivity contribution in [1.82, 2.24) is 10.2 Å². The molecule has 138 valence electrons. The molecule has 3 N–H and O–H groups in total. The molecule has 9 nitrogen and oxygen atoms in total. The van der Waals surface area contributed by atoms with Gasteiger partial charge < -0.3 is 24.7 Å². The summed E-state index contributed by atoms with van der Waals surface area (Å²) in [6, 6.07) is 7.48. The molecule has 0 saturated carbocycles. The van der Waals surface area contributed by atoms with Crippen LogP contribution in [0.15, 0.2) is 29.7 Å². The van der Waals surface area contributed by atoms with Crippen molar-refractivity contribution in [3.05, 3.63) is 46.5 Å². The number of rotatable bonds is 4. The lowest BCUT2D eigenvalue weighted by Crippen LogP contribution is -2.22. The summed E-state index contributed by atoms with van der Waals surface area (Å²) in [5.74, 6) is 0.438. The van der Waals surface area contributed by atoms with Gasteiger partial charge in [-0.3, -0.25) is 9.89 Å². The highest BCUT2D eigenvalue weighted by Crippen LogP contribution is 2.45. The first kappa shape index (κ1) is 16.8. The predicted molar refractivity (Wildman–Crippen MR) is 90.8 cm³/mol. The zero-order valence-electron chi connectivity index (χ0n) is 14.4. The number of ether oxygens (including phenoxy) is 4. The third kappa shape index (κ3) is 2.81. The van der Waals surface area contributed by atoms with Gasteiger partial charge in [-0.25, -0.2) is 0 Å². The average Bonchev–Trinajstić information content (AvgIpc) is 3.27. The summed E-state index contributed by atoms with van der Waals surface area (Å²) >= 11 is 0. The highest BCUT2D eigenvalue weighted by Gasteiger charge is 2.36. The molecule has 27 heavy (non-hydrogen) atoms. The zero-order valence-corrected chi connectivity index (χ0v) is 14.4. The van der Waals surface area contributed by atoms with Crippen LogP contribution in [0.1, 0.15) is 29.7 Å². The molecule has 0 amide bonds. The summed E-state index contributed by atoms with van der Waals surface area (Å²) in [4.78, 5) is 12.0. The Morgan fingerprint density at radius 2 is 2.26 bits per heavy atom. The highest BCUT2D eigenvalue weighted by molar-refractivity contribution is 5.73. The Balaban J connectivity index is 1.81. The number of fused-ring (bicyclic) bond motifs is 2. The van der Waals surface area contributed by atoms with E-state index in [1.54, 1.807) is 19.1 Å². The van der Waals surface area contributed by atoms with Crippen LogP contribution < -0.4 is 19.9 Å². The van der Waals surface area contributed by atoms with Gasteiger partial charge in [-0.1, -0.05) is 6.07 Å². The van der Waals surface area contributed by atoms with Crippen LogP contribution in [-0.2, 0) is 16.0 Å². The second-order valence-electron chi connectivity index (χ2n) is 5.94. The Kier molecular flexibility index (Phi) is 4.08. The maximum atomic E-state index is 12.0. The van der Waals surface area contributed by atoms with E-state index in [2.05, 4.69) is 16.3 Å². The van der Waals surface area contributed by atoms with Crippen LogP contribution in [0.3, 0.4) is 0 Å². The Hall–Kier alpha value is -3.67. The molecule has 0 spiro atoms. The number of carbonyl (C=O) groups is 1. The van der Waals surface area contributed by atoms with E-state index in [4.69, 9.17) is 24.7 Å². The van der Waals surface area contributed by atoms with Crippen molar-refractivity contribution in [1.29, 1.82) is 5.26 Å². The minimum atomic E-state index is -0.559. The lowest BCUT2D eigenvalue weighted by atomic mass is 9.83. The molecule has 1 aromatic heterocycles. The van der Waals surface area contributed by atoms with Crippen molar-refractivity contribution in [2.45, 2.75) is 19.3 Å². The van der Waals surface area contributed by atoms with Crippen LogP contribution in [-0.4, -0.2) is 29.6 Å². The van der Waals surface area contributed by atoms with Crippen LogP contribution in [0.25, 0.3) is 0 Å². The number of aromatic amines is 1. The number of nitrogens with two attached hydrogens (primary N) is 1. The molecule has 2 aliphatic rings. The average molecular weight is 368 g/mol. The van der Waals surface area contributed by atoms with Gasteiger partial charge in [0.15, 0.2) is 11.5 Å². The molecule has 0 saturated heterocycles. The topological polar surface area (TPSA) is 132 Å². The van der Waals surface area contributed by atoms with Gasteiger partial charge >= 0.3 is 5.97 Å². The maximum absolute atomic E-state index is 12.0. The Bertz CT molecular complexity index is 988. The SMILES string of the molecule is CCOC(=O)Cc1[nH]nc2c1C(c1ccc3c(c1)OCO3)C(C#N)=C(N)O2. The highest BCUT2D eigenvalue weighted by atomic mass is 16.7. The first-order valence-electron chi connectivity index (χ1n) is 8.32. The summed E-state index contributed by atoms with van der Waals surface area (Å²) in [5.41, 5.74) is 7.99. The summed E-state index contributed by atoms with van der Waals surface area (Å²) in [7, 11) is 0. The number of benzene rings is 1. The van der Waals surface area contributed by atoms with Crippen molar-refractivity contribution in [2.24, 2.45) is 5.73 Å². The molecule has 2 aliphatic heterocycles. The molecular weight excluding hydrogens is 352 g/mol. The number of esters is 1. The first-order chi connectivity index (χ1) is 13.1. The van der Waals surface area contributed by atoms with Gasteiger partial charge in [-0.2, -0.15) is 5.26 Å². The van der Waals surface area contributed by atoms with Crippen molar-refractivity contribution < 1.29 is 23.7 Å². The fourth-order valence-electron chi connectivity index (χ4n) is 3.23. The smallest absolute Gasteiger partial charge is 0.311 e. The number of allylic oxidation sites excluding steroid dienone is 1. The largest absolute Gasteiger partial charge is 0.466 e. The number of carbonyl (C=O) groups excluding carboxylic acids is 1. The number of nitrogens with one attached hydrogen (secondary N) is 1. The zero-order chi connectivity index (χ0) is 19.0. The summed E-state index contributed by atoms with van der Waals surface area (Å²) in [5, 5.41) is 16.6. The molecule has 2 aromatic rings. The third-order valence-electron chi connectivity index (χ3n) is 4.37. The van der Waals surface area contributed by atoms with E-state index in [0.29, 0.717) is 22.8 Å². The van der Waals surface area contributed by atoms with E-state index in [1.165, 1.54) is 0 Å². The van der Waals surface area contributed by atoms with Crippen molar-refractivity contribution >= 4 is 5.97 Å². The van der Waals surface area contributed by atoms with Gasteiger partial charge in [0.1, 0.15) is 11.6 Å². The Morgan fingerprint density at radius 3 is 3.04 bits per heavy atom. The van der Waals surface area contributed by atoms with Gasteiger partial charge in [0.05, 0.1) is 30.2 Å². The van der Waals surface area contributed by atoms with Crippen LogP contribution in [0.5, 0.6) is 17.4 Å². The van der Waals surface area contributed by atoms with E-state index in [1.807, 2.05) is 6.07 Å². The van der Waals surface area contributed by atoms with E-state index in [9.17, 15) is 10.1 Å². The summed E-state index contributed by atoms with van der Waals surface area (Å²) in [6.45, 7) is 2.14. The number of H-pyrrole nitrogens is 1. The molecular formula is C18H16N4O5. The van der Waals surface area contributed by atoms with Crippen molar-refractivity contribution in [3.63, 3.8) is 0 Å². The fourth-order valence-corrected chi connectivity index (χ4v) is 3.23. The lowest BCUT2D eigenvalue weighted by molar-refractivity contribution is -0.142. The minimum Gasteiger partial charge on any atom is -0.466 e. The van der Waals surface area contributed by atoms with Crippen molar-refractivity contribution in [3.8, 4) is 23.4 Å². The molecule has 3 heterocycles. The third-order valence-corrected chi connectivity index (χ3v) is 4.37. The molecule has 0 fully saturated rings. The van der Waals surface area contributed by atoms with E-state index < -0.39 is 11.9 Å². The quantitative estimate of drug-likeness (QED) is 0.775. The van der Waals surface area contributed by atoms with Gasteiger partial charge in [-0.15, -0.1) is 5.10 Å². The molecule has 0 bridgehead atoms. The standard InChI is InChI=1S/C18H16N4O5/c1-2-24-14(23)6-11-16-15(9-3-4-12-13(5-9)26-8-25-12)10(7-19)17(20)27-18(16)22-21-11/h3-5,15H,2,6,8,20H2,1H3,(H,21,22). The van der Waals surface area contributed by atoms with Crippen LogP contribution in [0.4, 0.5) is 0 Å². The molecule has 9 heteroatoms. The van der Waals surface area contributed by atoms with Gasteiger partial charge in [0, 0.05) is 0 Å². The number of hydrogen-bond donors (Lipinski definition) is 2. The summed E-state index contributed by atoms with van der Waals surface area (Å²) < 4.78 is 21.3. The van der Waals surface area contributed by atoms with Crippen molar-refractivity contribution in [2.75, 3.05) is 13.4 Å². The van der Waals surface area contributed by atoms with E-state index in [-0.39, 0.29) is 37.2 Å². The minimum absolute atomic E-state index is 0.0261. The Morgan fingerprint density at radius 1 is 1.44 bits per heavy atom. The normalized spacial score (nSPS) is 17.1. The second kappa shape index (κ2) is 6.57. The number of nitriles is 1. The number of hydrogen-bond acceptors (Lipinski definition) is 8. The molecule has 1 atom stereocenters. The van der Waals surface area contributed by atoms with Gasteiger partial charge in [0.2, 0.25) is 18.6 Å². The monoisotopic (exact) mass is 368 g/mol. The molecule has 0 aliphatic carbocycles. The van der Waals surface area contributed by atoms with E-state index >= 15 is 0 Å². The fraction of sp³-hybridized carbons (Fsp3) is 0.278. The van der Waals surface area contributed by atoms with Crippen LogP contribution in [0.2, 0.25) is 0 Å². The first-order valence-corrected chi connectivity index (χ1v) is 8.32. The Labute approximate surface area is 154 Å². The lowest BCUT2D eigenvalue weighted by Gasteiger charge is -2.24. The molecule has 1 unspecified atom stereocenters. The maximum Gasteiger partial charge on any atom is 0.311 e. The molecule has 1 aromatic carbocycles.